The van der Waals surface area contributed by atoms with E-state index in [2.05, 4.69) is 96.6 Å². The molecule has 0 aliphatic carbocycles. The Bertz CT molecular complexity index is 603. The van der Waals surface area contributed by atoms with E-state index in [1.807, 2.05) is 30.3 Å². The second-order valence-electron chi connectivity index (χ2n) is 4.94. The van der Waals surface area contributed by atoms with Crippen LogP contribution in [0, 0.1) is 6.92 Å². The molecule has 26 heavy (non-hydrogen) atoms. The predicted octanol–water partition coefficient (Wildman–Crippen LogP) is 5.42. The van der Waals surface area contributed by atoms with Crippen LogP contribution in [0.1, 0.15) is 5.56 Å². The van der Waals surface area contributed by atoms with Crippen LogP contribution in [0.5, 0.6) is 0 Å². The monoisotopic (exact) mass is 350 g/mol. The molecule has 0 aliphatic heterocycles. The van der Waals surface area contributed by atoms with E-state index in [0.717, 1.165) is 0 Å². The molecule has 0 radical (unpaired) electrons. The molecule has 2 N–H and O–H groups in total. The molecule has 0 saturated carbocycles. The Morgan fingerprint density at radius 2 is 1.00 bits per heavy atom. The quantitative estimate of drug-likeness (QED) is 0.488. The largest absolute Gasteiger partial charge is 0.290 e. The molecule has 0 atom stereocenters. The maximum Gasteiger partial charge on any atom is 0.0588 e. The summed E-state index contributed by atoms with van der Waals surface area (Å²) in [5.74, 6) is 0. The third kappa shape index (κ3) is 11.8. The van der Waals surface area contributed by atoms with Crippen molar-refractivity contribution in [3.63, 3.8) is 0 Å². The normalized spacial score (nSPS) is 8.58. The van der Waals surface area contributed by atoms with Gasteiger partial charge >= 0.3 is 0 Å². The number of hydrogen-bond acceptors (Lipinski definition) is 3. The second kappa shape index (κ2) is 17.1. The van der Waals surface area contributed by atoms with Crippen LogP contribution >= 0.6 is 0 Å². The van der Waals surface area contributed by atoms with Gasteiger partial charge in [0.15, 0.2) is 0 Å². The third-order valence-electron chi connectivity index (χ3n) is 3.03. The van der Waals surface area contributed by atoms with Crippen LogP contribution in [0.15, 0.2) is 104 Å². The zero-order chi connectivity index (χ0) is 19.5. The van der Waals surface area contributed by atoms with Crippen molar-refractivity contribution in [2.24, 2.45) is 0 Å². The molecule has 0 aliphatic rings. The van der Waals surface area contributed by atoms with Crippen LogP contribution in [-0.2, 0) is 4.84 Å². The van der Waals surface area contributed by atoms with Gasteiger partial charge in [-0.05, 0) is 18.1 Å². The van der Waals surface area contributed by atoms with E-state index in [0.29, 0.717) is 0 Å². The fraction of sp³-hybridized carbons (Fsp3) is 0.130. The molecule has 0 amide bonds. The lowest BCUT2D eigenvalue weighted by Gasteiger charge is -1.98. The first-order valence-corrected chi connectivity index (χ1v) is 8.34. The Hall–Kier alpha value is -2.72. The van der Waals surface area contributed by atoms with Crippen molar-refractivity contribution >= 4 is 0 Å². The Morgan fingerprint density at radius 1 is 0.654 bits per heavy atom. The SMILES string of the molecule is C=C.CNNOC.Cc1ccccc1.c1ccc(-c2ccccc2)cc1. The fourth-order valence-corrected chi connectivity index (χ4v) is 1.90. The molecule has 0 spiro atoms. The Kier molecular flexibility index (Phi) is 15.3. The number of hydrogen-bond donors (Lipinski definition) is 2. The maximum absolute atomic E-state index is 4.33. The Labute approximate surface area is 158 Å². The minimum atomic E-state index is 1.28. The smallest absolute Gasteiger partial charge is 0.0588 e. The highest BCUT2D eigenvalue weighted by Gasteiger charge is 1.91. The summed E-state index contributed by atoms with van der Waals surface area (Å²) in [6.07, 6.45) is 0. The van der Waals surface area contributed by atoms with Gasteiger partial charge in [-0.2, -0.15) is 0 Å². The summed E-state index contributed by atoms with van der Waals surface area (Å²) in [5.41, 5.74) is 8.78. The van der Waals surface area contributed by atoms with Gasteiger partial charge in [-0.15, -0.1) is 18.7 Å². The van der Waals surface area contributed by atoms with Crippen molar-refractivity contribution in [3.8, 4) is 11.1 Å². The zero-order valence-corrected chi connectivity index (χ0v) is 16.0. The van der Waals surface area contributed by atoms with Crippen molar-refractivity contribution in [1.82, 2.24) is 11.0 Å². The van der Waals surface area contributed by atoms with Crippen LogP contribution in [0.2, 0.25) is 0 Å². The molecular formula is C23H30N2O. The van der Waals surface area contributed by atoms with E-state index in [1.54, 1.807) is 7.05 Å². The summed E-state index contributed by atoms with van der Waals surface area (Å²) < 4.78 is 0. The molecule has 0 fully saturated rings. The highest BCUT2D eigenvalue weighted by atomic mass is 16.7. The van der Waals surface area contributed by atoms with Gasteiger partial charge in [0.1, 0.15) is 0 Å². The van der Waals surface area contributed by atoms with Gasteiger partial charge in [0.05, 0.1) is 7.11 Å². The van der Waals surface area contributed by atoms with E-state index in [-0.39, 0.29) is 0 Å². The van der Waals surface area contributed by atoms with Gasteiger partial charge in [0, 0.05) is 7.05 Å². The molecule has 3 heteroatoms. The van der Waals surface area contributed by atoms with Gasteiger partial charge in [-0.1, -0.05) is 96.6 Å². The first-order chi connectivity index (χ1) is 12.8. The van der Waals surface area contributed by atoms with Crippen molar-refractivity contribution in [1.29, 1.82) is 0 Å². The van der Waals surface area contributed by atoms with Crippen LogP contribution in [0.4, 0.5) is 0 Å². The Balaban J connectivity index is 0.000000382. The number of aryl methyl sites for hydroxylation is 1. The molecule has 0 unspecified atom stereocenters. The van der Waals surface area contributed by atoms with Gasteiger partial charge in [-0.25, -0.2) is 5.43 Å². The molecule has 0 bridgehead atoms. The van der Waals surface area contributed by atoms with Crippen LogP contribution < -0.4 is 11.0 Å². The highest BCUT2D eigenvalue weighted by Crippen LogP contribution is 2.17. The summed E-state index contributed by atoms with van der Waals surface area (Å²) in [6.45, 7) is 8.08. The van der Waals surface area contributed by atoms with E-state index in [4.69, 9.17) is 0 Å². The third-order valence-corrected chi connectivity index (χ3v) is 3.03. The van der Waals surface area contributed by atoms with E-state index >= 15 is 0 Å². The van der Waals surface area contributed by atoms with Gasteiger partial charge in [-0.3, -0.25) is 4.84 Å². The zero-order valence-electron chi connectivity index (χ0n) is 16.0. The molecule has 0 saturated heterocycles. The van der Waals surface area contributed by atoms with Crippen molar-refractivity contribution in [2.45, 2.75) is 6.92 Å². The lowest BCUT2D eigenvalue weighted by Crippen LogP contribution is -2.25. The molecule has 3 nitrogen and oxygen atoms in total. The standard InChI is InChI=1S/C12H10.C7H8.C2H8N2O.C2H4/c1-3-7-11(8-4-1)12-9-5-2-6-10-12;1-7-5-3-2-4-6-7;1-3-4-5-2;1-2/h1-10H;2-6H,1H3;3-4H,1-2H3;1-2H2. The topological polar surface area (TPSA) is 33.3 Å². The average molecular weight is 351 g/mol. The van der Waals surface area contributed by atoms with Crippen molar-refractivity contribution < 1.29 is 4.84 Å². The molecule has 3 aromatic rings. The van der Waals surface area contributed by atoms with Crippen molar-refractivity contribution in [3.05, 3.63) is 110 Å². The molecule has 0 aromatic heterocycles. The van der Waals surface area contributed by atoms with E-state index in [1.165, 1.54) is 23.8 Å². The van der Waals surface area contributed by atoms with Crippen LogP contribution in [0.3, 0.4) is 0 Å². The fourth-order valence-electron chi connectivity index (χ4n) is 1.90. The number of benzene rings is 3. The van der Waals surface area contributed by atoms with E-state index in [9.17, 15) is 0 Å². The summed E-state index contributed by atoms with van der Waals surface area (Å²) in [5, 5.41) is 0. The van der Waals surface area contributed by atoms with Gasteiger partial charge in [0.25, 0.3) is 0 Å². The van der Waals surface area contributed by atoms with Gasteiger partial charge in [0.2, 0.25) is 0 Å². The first-order valence-electron chi connectivity index (χ1n) is 8.34. The minimum absolute atomic E-state index is 1.28. The average Bonchev–Trinajstić information content (AvgIpc) is 2.73. The molecule has 3 aromatic carbocycles. The van der Waals surface area contributed by atoms with Crippen molar-refractivity contribution in [2.75, 3.05) is 14.2 Å². The number of hydrazine groups is 1. The first kappa shape index (κ1) is 23.3. The van der Waals surface area contributed by atoms with E-state index < -0.39 is 0 Å². The number of rotatable bonds is 3. The Morgan fingerprint density at radius 3 is 1.19 bits per heavy atom. The van der Waals surface area contributed by atoms with Crippen LogP contribution in [0.25, 0.3) is 11.1 Å². The van der Waals surface area contributed by atoms with Gasteiger partial charge < -0.3 is 0 Å². The molecule has 0 heterocycles. The molecular weight excluding hydrogens is 320 g/mol. The summed E-state index contributed by atoms with van der Waals surface area (Å²) in [7, 11) is 3.26. The maximum atomic E-state index is 4.33. The highest BCUT2D eigenvalue weighted by molar-refractivity contribution is 5.62. The minimum Gasteiger partial charge on any atom is -0.290 e. The lowest BCUT2D eigenvalue weighted by atomic mass is 10.1. The molecule has 3 rings (SSSR count). The predicted molar refractivity (Wildman–Crippen MR) is 114 cm³/mol. The second-order valence-corrected chi connectivity index (χ2v) is 4.94. The summed E-state index contributed by atoms with van der Waals surface area (Å²) >= 11 is 0. The molecule has 138 valence electrons. The summed E-state index contributed by atoms with van der Waals surface area (Å²) in [4.78, 5) is 4.33. The summed E-state index contributed by atoms with van der Waals surface area (Å²) in [6, 6.07) is 31.0. The lowest BCUT2D eigenvalue weighted by molar-refractivity contribution is 0.0628. The van der Waals surface area contributed by atoms with Crippen LogP contribution in [-0.4, -0.2) is 14.2 Å². The number of nitrogens with one attached hydrogen (secondary N) is 2.